The summed E-state index contributed by atoms with van der Waals surface area (Å²) in [5.41, 5.74) is 1.59. The van der Waals surface area contributed by atoms with Gasteiger partial charge in [-0.25, -0.2) is 0 Å². The maximum absolute atomic E-state index is 8.76. The van der Waals surface area contributed by atoms with E-state index in [1.807, 2.05) is 30.3 Å². The Kier molecular flexibility index (Phi) is 3.18. The van der Waals surface area contributed by atoms with Crippen LogP contribution in [0.4, 0.5) is 0 Å². The first-order valence-corrected chi connectivity index (χ1v) is 9.92. The molecule has 3 aromatic carbocycles. The molecule has 0 aliphatic carbocycles. The topological polar surface area (TPSA) is 17.3 Å². The molecule has 0 spiro atoms. The number of hydrogen-bond donors (Lipinski definition) is 0. The number of pyridine rings is 1. The number of nitrogens with zero attached hydrogens (tertiary/aromatic N) is 2. The van der Waals surface area contributed by atoms with Crippen molar-refractivity contribution in [1.29, 1.82) is 0 Å². The monoisotopic (exact) mass is 612 g/mol. The van der Waals surface area contributed by atoms with Crippen molar-refractivity contribution in [3.8, 4) is 11.3 Å². The molecule has 0 aliphatic heterocycles. The molecule has 3 heteroatoms. The van der Waals surface area contributed by atoms with Gasteiger partial charge in [-0.15, -0.1) is 29.7 Å². The summed E-state index contributed by atoms with van der Waals surface area (Å²) in [5.74, 6) is -5.97. The van der Waals surface area contributed by atoms with E-state index in [4.69, 9.17) is 19.2 Å². The maximum atomic E-state index is 8.76. The minimum Gasteiger partial charge on any atom is -0.333 e. The Bertz CT molecular complexity index is 1810. The van der Waals surface area contributed by atoms with Gasteiger partial charge in [0, 0.05) is 56.6 Å². The van der Waals surface area contributed by atoms with Crippen LogP contribution < -0.4 is 0 Å². The molecule has 5 rings (SSSR count). The SMILES string of the molecule is [2H]C([2H])([2H])C([2H])(Cc1cccc(CC([2H])(C([2H])([2H])[2H])C([2H])([2H])[2H])c1-c1cnc2c3[c-]cccc3c3ccccc3n12)C([2H])([2H])[2H].[Ir]. The number of para-hydroxylation sites is 1. The van der Waals surface area contributed by atoms with Gasteiger partial charge >= 0.3 is 0 Å². The first kappa shape index (κ1) is 11.1. The summed E-state index contributed by atoms with van der Waals surface area (Å²) in [6, 6.07) is 20.3. The van der Waals surface area contributed by atoms with E-state index in [1.165, 1.54) is 24.4 Å². The van der Waals surface area contributed by atoms with Crippen LogP contribution in [0, 0.1) is 17.9 Å². The van der Waals surface area contributed by atoms with Gasteiger partial charge in [0.1, 0.15) is 0 Å². The predicted octanol–water partition coefficient (Wildman–Crippen LogP) is 7.50. The Morgan fingerprint density at radius 1 is 0.906 bits per heavy atom. The van der Waals surface area contributed by atoms with Crippen molar-refractivity contribution in [1.82, 2.24) is 9.38 Å². The van der Waals surface area contributed by atoms with Gasteiger partial charge in [-0.2, -0.15) is 0 Å². The van der Waals surface area contributed by atoms with E-state index in [2.05, 4.69) is 11.1 Å². The standard InChI is InChI=1S/C29H29N2.Ir/c1-19(2)16-21-10-9-11-22(17-20(3)4)28(21)27-18-30-29-25-14-6-5-12-23(25)24-13-7-8-15-26(24)31(27)29;/h5-13,15,18-20H,16-17H2,1-4H3;/q-1;/i1D3,2D3,3D3,4D3,19D,20D;. The predicted molar refractivity (Wildman–Crippen MR) is 132 cm³/mol. The minimum absolute atomic E-state index is 0. The van der Waals surface area contributed by atoms with Crippen LogP contribution in [-0.4, -0.2) is 9.38 Å². The smallest absolute Gasteiger partial charge is 0.0639 e. The Morgan fingerprint density at radius 3 is 2.31 bits per heavy atom. The van der Waals surface area contributed by atoms with Crippen LogP contribution in [-0.2, 0) is 32.9 Å². The van der Waals surface area contributed by atoms with E-state index in [1.54, 1.807) is 16.5 Å². The average molecular weight is 612 g/mol. The summed E-state index contributed by atoms with van der Waals surface area (Å²) in [4.78, 5) is 4.64. The van der Waals surface area contributed by atoms with Gasteiger partial charge in [-0.05, 0) is 47.2 Å². The Morgan fingerprint density at radius 2 is 1.59 bits per heavy atom. The molecule has 0 N–H and O–H groups in total. The van der Waals surface area contributed by atoms with Crippen molar-refractivity contribution >= 4 is 27.3 Å². The summed E-state index contributed by atoms with van der Waals surface area (Å²) < 4.78 is 115. The summed E-state index contributed by atoms with van der Waals surface area (Å²) in [7, 11) is 0. The molecule has 0 saturated carbocycles. The fourth-order valence-electron chi connectivity index (χ4n) is 4.35. The molecule has 0 saturated heterocycles. The maximum Gasteiger partial charge on any atom is 0.0639 e. The molecule has 1 radical (unpaired) electrons. The molecule has 32 heavy (non-hydrogen) atoms. The van der Waals surface area contributed by atoms with Crippen molar-refractivity contribution in [2.75, 3.05) is 0 Å². The molecule has 2 heterocycles. The van der Waals surface area contributed by atoms with Crippen LogP contribution in [0.1, 0.15) is 57.7 Å². The van der Waals surface area contributed by atoms with Crippen LogP contribution >= 0.6 is 0 Å². The largest absolute Gasteiger partial charge is 0.333 e. The first-order valence-electron chi connectivity index (χ1n) is 16.9. The van der Waals surface area contributed by atoms with Gasteiger partial charge in [0.25, 0.3) is 0 Å². The van der Waals surface area contributed by atoms with E-state index in [0.29, 0.717) is 16.6 Å². The van der Waals surface area contributed by atoms with Crippen molar-refractivity contribution in [3.63, 3.8) is 0 Å². The van der Waals surface area contributed by atoms with Crippen molar-refractivity contribution in [2.24, 2.45) is 11.8 Å². The van der Waals surface area contributed by atoms with Gasteiger partial charge in [0.2, 0.25) is 0 Å². The van der Waals surface area contributed by atoms with Crippen LogP contribution in [0.2, 0.25) is 0 Å². The van der Waals surface area contributed by atoms with Gasteiger partial charge in [0.15, 0.2) is 0 Å². The molecule has 0 atom stereocenters. The molecule has 0 unspecified atom stereocenters. The third-order valence-electron chi connectivity index (χ3n) is 5.50. The minimum atomic E-state index is -3.26. The number of hydrogen-bond acceptors (Lipinski definition) is 1. The normalized spacial score (nSPS) is 20.4. The second-order valence-electron chi connectivity index (χ2n) is 7.54. The average Bonchev–Trinajstić information content (AvgIpc) is 3.36. The third-order valence-corrected chi connectivity index (χ3v) is 5.50. The van der Waals surface area contributed by atoms with Gasteiger partial charge < -0.3 is 4.40 Å². The van der Waals surface area contributed by atoms with E-state index in [9.17, 15) is 0 Å². The molecule has 2 aromatic heterocycles. The fourth-order valence-corrected chi connectivity index (χ4v) is 4.35. The number of rotatable bonds is 5. The summed E-state index contributed by atoms with van der Waals surface area (Å²) in [6.45, 7) is -13.1. The molecule has 0 bridgehead atoms. The van der Waals surface area contributed by atoms with Crippen LogP contribution in [0.5, 0.6) is 0 Å². The molecule has 2 nitrogen and oxygen atoms in total. The zero-order valence-electron chi connectivity index (χ0n) is 31.0. The molecule has 0 fully saturated rings. The molecule has 0 aliphatic rings. The van der Waals surface area contributed by atoms with E-state index >= 15 is 0 Å². The van der Waals surface area contributed by atoms with Gasteiger partial charge in [0.05, 0.1) is 11.3 Å². The van der Waals surface area contributed by atoms with Gasteiger partial charge in [-0.3, -0.25) is 4.98 Å². The summed E-state index contributed by atoms with van der Waals surface area (Å²) >= 11 is 0. The number of aromatic nitrogens is 2. The summed E-state index contributed by atoms with van der Waals surface area (Å²) in [6.07, 6.45) is -0.182. The zero-order chi connectivity index (χ0) is 33.4. The van der Waals surface area contributed by atoms with Crippen LogP contribution in [0.15, 0.2) is 66.9 Å². The Hall–Kier alpha value is -2.48. The Balaban J connectivity index is 0.00000480. The van der Waals surface area contributed by atoms with Crippen molar-refractivity contribution < 1.29 is 39.3 Å². The quantitative estimate of drug-likeness (QED) is 0.149. The van der Waals surface area contributed by atoms with Crippen molar-refractivity contribution in [2.45, 2.75) is 40.2 Å². The Labute approximate surface area is 223 Å². The number of benzene rings is 3. The van der Waals surface area contributed by atoms with Crippen molar-refractivity contribution in [3.05, 3.63) is 84.1 Å². The van der Waals surface area contributed by atoms with E-state index in [-0.39, 0.29) is 42.5 Å². The molecule has 165 valence electrons. The second kappa shape index (κ2) is 9.17. The van der Waals surface area contributed by atoms with Crippen LogP contribution in [0.25, 0.3) is 38.6 Å². The fraction of sp³-hybridized carbons (Fsp3) is 0.276. The molecule has 5 aromatic rings. The second-order valence-corrected chi connectivity index (χ2v) is 7.54. The molecular weight excluding hydrogens is 569 g/mol. The molecule has 0 amide bonds. The van der Waals surface area contributed by atoms with E-state index < -0.39 is 52.0 Å². The third kappa shape index (κ3) is 3.89. The first-order chi connectivity index (χ1) is 20.6. The molecular formula is C29H29IrN2-. The van der Waals surface area contributed by atoms with Crippen LogP contribution in [0.3, 0.4) is 0 Å². The number of imidazole rings is 1. The van der Waals surface area contributed by atoms with Gasteiger partial charge in [-0.1, -0.05) is 69.2 Å². The summed E-state index contributed by atoms with van der Waals surface area (Å²) in [5, 5.41) is 2.28. The zero-order valence-corrected chi connectivity index (χ0v) is 19.4. The van der Waals surface area contributed by atoms with E-state index in [0.717, 1.165) is 10.8 Å². The number of fused-ring (bicyclic) bond motifs is 6.